The van der Waals surface area contributed by atoms with Gasteiger partial charge in [0.1, 0.15) is 17.2 Å². The van der Waals surface area contributed by atoms with Gasteiger partial charge in [-0.25, -0.2) is 23.5 Å². The minimum absolute atomic E-state index is 0.0840. The Labute approximate surface area is 140 Å². The molecule has 0 aliphatic heterocycles. The number of fused-ring (bicyclic) bond motifs is 1. The maximum absolute atomic E-state index is 13.9. The number of thioether (sulfide) groups is 1. The first-order chi connectivity index (χ1) is 11.5. The Morgan fingerprint density at radius 1 is 1.33 bits per heavy atom. The van der Waals surface area contributed by atoms with E-state index in [4.69, 9.17) is 5.73 Å². The van der Waals surface area contributed by atoms with Crippen LogP contribution < -0.4 is 11.4 Å². The van der Waals surface area contributed by atoms with E-state index in [1.165, 1.54) is 22.4 Å². The number of nitrogens with zero attached hydrogens (tertiary/aromatic N) is 3. The van der Waals surface area contributed by atoms with E-state index in [9.17, 15) is 13.6 Å². The third-order valence-electron chi connectivity index (χ3n) is 3.41. The number of benzene rings is 1. The molecule has 2 heterocycles. The van der Waals surface area contributed by atoms with Crippen molar-refractivity contribution in [3.8, 4) is 0 Å². The maximum atomic E-state index is 13.9. The van der Waals surface area contributed by atoms with Crippen molar-refractivity contribution in [3.05, 3.63) is 45.9 Å². The minimum atomic E-state index is -0.723. The van der Waals surface area contributed by atoms with Gasteiger partial charge in [-0.3, -0.25) is 4.57 Å². The number of rotatable bonds is 5. The first-order valence-corrected chi connectivity index (χ1v) is 8.31. The first kappa shape index (κ1) is 16.4. The van der Waals surface area contributed by atoms with Crippen molar-refractivity contribution in [1.29, 1.82) is 0 Å². The van der Waals surface area contributed by atoms with Crippen LogP contribution in [0.3, 0.4) is 0 Å². The van der Waals surface area contributed by atoms with Gasteiger partial charge in [0, 0.05) is 17.4 Å². The molecule has 0 aliphatic carbocycles. The first-order valence-electron chi connectivity index (χ1n) is 7.32. The van der Waals surface area contributed by atoms with Crippen molar-refractivity contribution < 1.29 is 8.78 Å². The number of aromatic amines is 1. The number of H-pyrrole nitrogens is 1. The van der Waals surface area contributed by atoms with Gasteiger partial charge in [0.15, 0.2) is 16.6 Å². The van der Waals surface area contributed by atoms with E-state index >= 15 is 0 Å². The van der Waals surface area contributed by atoms with Crippen LogP contribution in [0.2, 0.25) is 0 Å². The topological polar surface area (TPSA) is 89.6 Å². The molecule has 2 aromatic heterocycles. The number of halogens is 2. The van der Waals surface area contributed by atoms with Crippen molar-refractivity contribution in [2.75, 3.05) is 11.5 Å². The molecule has 0 fully saturated rings. The molecule has 0 bridgehead atoms. The molecule has 3 N–H and O–H groups in total. The van der Waals surface area contributed by atoms with Crippen molar-refractivity contribution in [2.24, 2.45) is 0 Å². The monoisotopic (exact) mass is 351 g/mol. The summed E-state index contributed by atoms with van der Waals surface area (Å²) in [4.78, 5) is 23.3. The van der Waals surface area contributed by atoms with Gasteiger partial charge < -0.3 is 10.7 Å². The summed E-state index contributed by atoms with van der Waals surface area (Å²) in [5.41, 5.74) is 6.19. The van der Waals surface area contributed by atoms with E-state index in [2.05, 4.69) is 15.0 Å². The summed E-state index contributed by atoms with van der Waals surface area (Å²) in [5, 5.41) is 0.453. The lowest BCUT2D eigenvalue weighted by Crippen LogP contribution is -2.18. The third kappa shape index (κ3) is 3.12. The molecule has 3 rings (SSSR count). The Morgan fingerprint density at radius 3 is 2.83 bits per heavy atom. The van der Waals surface area contributed by atoms with Gasteiger partial charge in [0.2, 0.25) is 0 Å². The predicted octanol–water partition coefficient (Wildman–Crippen LogP) is 2.53. The van der Waals surface area contributed by atoms with Crippen LogP contribution >= 0.6 is 11.8 Å². The summed E-state index contributed by atoms with van der Waals surface area (Å²) in [6, 6.07) is 3.22. The van der Waals surface area contributed by atoms with E-state index in [0.717, 1.165) is 24.3 Å². The van der Waals surface area contributed by atoms with Crippen LogP contribution in [0.15, 0.2) is 28.2 Å². The van der Waals surface area contributed by atoms with E-state index in [1.54, 1.807) is 0 Å². The number of nitrogens with one attached hydrogen (secondary N) is 1. The van der Waals surface area contributed by atoms with Gasteiger partial charge in [0.05, 0.1) is 6.54 Å². The van der Waals surface area contributed by atoms with E-state index in [-0.39, 0.29) is 17.9 Å². The Morgan fingerprint density at radius 2 is 2.12 bits per heavy atom. The molecule has 3 aromatic rings. The van der Waals surface area contributed by atoms with Gasteiger partial charge in [-0.2, -0.15) is 0 Å². The molecule has 0 saturated heterocycles. The molecule has 0 atom stereocenters. The average Bonchev–Trinajstić information content (AvgIpc) is 2.85. The zero-order valence-electron chi connectivity index (χ0n) is 12.8. The molecule has 6 nitrogen and oxygen atoms in total. The number of imidazole rings is 1. The second-order valence-electron chi connectivity index (χ2n) is 5.19. The highest BCUT2D eigenvalue weighted by Crippen LogP contribution is 2.21. The van der Waals surface area contributed by atoms with Crippen LogP contribution in [0, 0.1) is 11.6 Å². The van der Waals surface area contributed by atoms with Crippen molar-refractivity contribution in [3.63, 3.8) is 0 Å². The SMILES string of the molecule is CCCSc1nc(N)c2[nH]c(=O)n(Cc3ccc(F)cc3F)c2n1. The Hall–Kier alpha value is -2.42. The number of anilines is 1. The summed E-state index contributed by atoms with van der Waals surface area (Å²) < 4.78 is 28.2. The maximum Gasteiger partial charge on any atom is 0.328 e. The molecule has 9 heteroatoms. The highest BCUT2D eigenvalue weighted by atomic mass is 32.2. The van der Waals surface area contributed by atoms with Crippen LogP contribution in [0.5, 0.6) is 0 Å². The molecule has 24 heavy (non-hydrogen) atoms. The minimum Gasteiger partial charge on any atom is -0.382 e. The lowest BCUT2D eigenvalue weighted by Gasteiger charge is -2.06. The van der Waals surface area contributed by atoms with Gasteiger partial charge in [0.25, 0.3) is 0 Å². The quantitative estimate of drug-likeness (QED) is 0.545. The number of hydrogen-bond acceptors (Lipinski definition) is 5. The molecule has 0 amide bonds. The molecule has 0 saturated carbocycles. The Balaban J connectivity index is 2.08. The Kier molecular flexibility index (Phi) is 4.52. The fourth-order valence-electron chi connectivity index (χ4n) is 2.26. The van der Waals surface area contributed by atoms with Gasteiger partial charge in [-0.05, 0) is 12.5 Å². The van der Waals surface area contributed by atoms with Crippen LogP contribution in [0.1, 0.15) is 18.9 Å². The lowest BCUT2D eigenvalue weighted by molar-refractivity contribution is 0.565. The van der Waals surface area contributed by atoms with Crippen molar-refractivity contribution in [1.82, 2.24) is 19.5 Å². The molecule has 0 spiro atoms. The second kappa shape index (κ2) is 6.60. The van der Waals surface area contributed by atoms with E-state index in [0.29, 0.717) is 16.3 Å². The predicted molar refractivity (Wildman–Crippen MR) is 89.0 cm³/mol. The highest BCUT2D eigenvalue weighted by Gasteiger charge is 2.15. The van der Waals surface area contributed by atoms with Crippen molar-refractivity contribution >= 4 is 28.7 Å². The zero-order valence-corrected chi connectivity index (χ0v) is 13.7. The summed E-state index contributed by atoms with van der Waals surface area (Å²) in [6.45, 7) is 1.94. The molecule has 0 radical (unpaired) electrons. The lowest BCUT2D eigenvalue weighted by atomic mass is 10.2. The number of nitrogen functional groups attached to an aromatic ring is 1. The highest BCUT2D eigenvalue weighted by molar-refractivity contribution is 7.99. The number of aromatic nitrogens is 4. The van der Waals surface area contributed by atoms with E-state index < -0.39 is 17.3 Å². The molecule has 0 unspecified atom stereocenters. The van der Waals surface area contributed by atoms with Crippen molar-refractivity contribution in [2.45, 2.75) is 25.0 Å². The summed E-state index contributed by atoms with van der Waals surface area (Å²) in [6.07, 6.45) is 0.937. The fraction of sp³-hybridized carbons (Fsp3) is 0.267. The molecule has 0 aliphatic rings. The van der Waals surface area contributed by atoms with Crippen LogP contribution in [-0.2, 0) is 6.54 Å². The molecular weight excluding hydrogens is 336 g/mol. The number of nitrogens with two attached hydrogens (primary N) is 1. The zero-order chi connectivity index (χ0) is 17.3. The molecule has 1 aromatic carbocycles. The molecule has 126 valence electrons. The van der Waals surface area contributed by atoms with Gasteiger partial charge in [-0.15, -0.1) is 0 Å². The van der Waals surface area contributed by atoms with Gasteiger partial charge >= 0.3 is 5.69 Å². The summed E-state index contributed by atoms with van der Waals surface area (Å²) in [5.74, 6) is -0.424. The third-order valence-corrected chi connectivity index (χ3v) is 4.46. The normalized spacial score (nSPS) is 11.3. The smallest absolute Gasteiger partial charge is 0.328 e. The van der Waals surface area contributed by atoms with E-state index in [1.807, 2.05) is 6.92 Å². The Bertz CT molecular complexity index is 953. The molecular formula is C15H15F2N5OS. The second-order valence-corrected chi connectivity index (χ2v) is 6.25. The van der Waals surface area contributed by atoms with Crippen LogP contribution in [-0.4, -0.2) is 25.3 Å². The van der Waals surface area contributed by atoms with Gasteiger partial charge in [-0.1, -0.05) is 24.8 Å². The van der Waals surface area contributed by atoms with Crippen LogP contribution in [0.4, 0.5) is 14.6 Å². The summed E-state index contributed by atoms with van der Waals surface area (Å²) in [7, 11) is 0. The summed E-state index contributed by atoms with van der Waals surface area (Å²) >= 11 is 1.42. The fourth-order valence-corrected chi connectivity index (χ4v) is 2.96. The largest absolute Gasteiger partial charge is 0.382 e. The standard InChI is InChI=1S/C15H15F2N5OS/c1-2-5-24-14-20-12(18)11-13(21-14)22(15(23)19-11)7-8-3-4-9(16)6-10(8)17/h3-4,6H,2,5,7H2,1H3,(H,19,23)(H2,18,20,21). The van der Waals surface area contributed by atoms with Crippen LogP contribution in [0.25, 0.3) is 11.2 Å². The average molecular weight is 351 g/mol. The number of hydrogen-bond donors (Lipinski definition) is 2.